The summed E-state index contributed by atoms with van der Waals surface area (Å²) in [5, 5.41) is 16.9. The van der Waals surface area contributed by atoms with Crippen LogP contribution in [-0.2, 0) is 0 Å². The highest BCUT2D eigenvalue weighted by Gasteiger charge is 2.18. The molecule has 134 valence electrons. The summed E-state index contributed by atoms with van der Waals surface area (Å²) >= 11 is 12.8. The van der Waals surface area contributed by atoms with Crippen LogP contribution in [0.2, 0.25) is 10.0 Å². The van der Waals surface area contributed by atoms with E-state index in [1.54, 1.807) is 31.2 Å². The Labute approximate surface area is 159 Å². The maximum absolute atomic E-state index is 11.4. The monoisotopic (exact) mass is 391 g/mol. The number of aryl methyl sites for hydroxylation is 2. The third-order valence-electron chi connectivity index (χ3n) is 3.90. The molecular weight excluding hydrogens is 377 g/mol. The molecule has 0 unspecified atom stereocenters. The number of aromatic nitrogens is 1. The second-order valence-corrected chi connectivity index (χ2v) is 6.56. The molecule has 0 saturated carbocycles. The molecule has 3 rings (SSSR count). The fourth-order valence-electron chi connectivity index (χ4n) is 2.71. The first kappa shape index (κ1) is 18.1. The molecular formula is C18H15Cl2N3O3. The fourth-order valence-corrected chi connectivity index (χ4v) is 3.30. The number of carboxylic acid groups (broad SMARTS) is 1. The highest BCUT2D eigenvalue weighted by atomic mass is 35.5. The van der Waals surface area contributed by atoms with Crippen molar-refractivity contribution in [3.05, 3.63) is 57.4 Å². The van der Waals surface area contributed by atoms with E-state index >= 15 is 0 Å². The summed E-state index contributed by atoms with van der Waals surface area (Å²) in [5.74, 6) is -0.457. The topological polar surface area (TPSA) is 101 Å². The van der Waals surface area contributed by atoms with Gasteiger partial charge >= 0.3 is 5.97 Å². The van der Waals surface area contributed by atoms with E-state index in [9.17, 15) is 9.90 Å². The largest absolute Gasteiger partial charge is 0.478 e. The van der Waals surface area contributed by atoms with Gasteiger partial charge in [0.25, 0.3) is 0 Å². The van der Waals surface area contributed by atoms with Crippen LogP contribution >= 0.6 is 23.2 Å². The van der Waals surface area contributed by atoms with Crippen LogP contribution in [0.3, 0.4) is 0 Å². The minimum absolute atomic E-state index is 0.0203. The molecule has 0 radical (unpaired) electrons. The number of carbonyl (C=O) groups is 1. The van der Waals surface area contributed by atoms with E-state index in [0.717, 1.165) is 16.8 Å². The molecule has 8 heteroatoms. The molecule has 0 aliphatic heterocycles. The molecule has 0 aliphatic carbocycles. The van der Waals surface area contributed by atoms with E-state index in [0.29, 0.717) is 32.9 Å². The van der Waals surface area contributed by atoms with Gasteiger partial charge in [-0.3, -0.25) is 0 Å². The molecule has 26 heavy (non-hydrogen) atoms. The quantitative estimate of drug-likeness (QED) is 0.522. The highest BCUT2D eigenvalue weighted by Crippen LogP contribution is 2.39. The van der Waals surface area contributed by atoms with Crippen molar-refractivity contribution in [2.75, 3.05) is 11.1 Å². The third kappa shape index (κ3) is 3.34. The normalized spacial score (nSPS) is 10.8. The lowest BCUT2D eigenvalue weighted by Gasteiger charge is -2.14. The van der Waals surface area contributed by atoms with Gasteiger partial charge in [-0.25, -0.2) is 4.79 Å². The first-order valence-corrected chi connectivity index (χ1v) is 8.35. The van der Waals surface area contributed by atoms with Gasteiger partial charge in [0.15, 0.2) is 0 Å². The Morgan fingerprint density at radius 2 is 1.85 bits per heavy atom. The number of halogens is 2. The molecule has 0 saturated heterocycles. The second-order valence-electron chi connectivity index (χ2n) is 5.75. The molecule has 1 heterocycles. The van der Waals surface area contributed by atoms with Gasteiger partial charge in [0.05, 0.1) is 32.7 Å². The molecule has 0 bridgehead atoms. The summed E-state index contributed by atoms with van der Waals surface area (Å²) in [6, 6.07) is 7.97. The van der Waals surface area contributed by atoms with Crippen molar-refractivity contribution in [1.29, 1.82) is 0 Å². The van der Waals surface area contributed by atoms with Crippen molar-refractivity contribution in [3.63, 3.8) is 0 Å². The Kier molecular flexibility index (Phi) is 4.80. The zero-order valence-electron chi connectivity index (χ0n) is 13.9. The van der Waals surface area contributed by atoms with Crippen LogP contribution in [0, 0.1) is 13.8 Å². The third-order valence-corrected chi connectivity index (χ3v) is 4.49. The van der Waals surface area contributed by atoms with Crippen LogP contribution in [0.1, 0.15) is 21.8 Å². The summed E-state index contributed by atoms with van der Waals surface area (Å²) in [6.07, 6.45) is 0. The minimum atomic E-state index is -1.11. The summed E-state index contributed by atoms with van der Waals surface area (Å²) in [6.45, 7) is 3.63. The van der Waals surface area contributed by atoms with Gasteiger partial charge in [-0.1, -0.05) is 28.4 Å². The van der Waals surface area contributed by atoms with E-state index < -0.39 is 5.97 Å². The predicted molar refractivity (Wildman–Crippen MR) is 103 cm³/mol. The molecule has 3 aromatic rings. The van der Waals surface area contributed by atoms with Gasteiger partial charge in [-0.05, 0) is 49.7 Å². The molecule has 0 amide bonds. The van der Waals surface area contributed by atoms with Crippen LogP contribution in [-0.4, -0.2) is 16.2 Å². The highest BCUT2D eigenvalue weighted by molar-refractivity contribution is 6.39. The first-order chi connectivity index (χ1) is 12.3. The van der Waals surface area contributed by atoms with Gasteiger partial charge in [-0.2, -0.15) is 0 Å². The molecule has 0 spiro atoms. The molecule has 0 aliphatic rings. The maximum atomic E-state index is 11.4. The van der Waals surface area contributed by atoms with Gasteiger partial charge in [0.2, 0.25) is 0 Å². The average Bonchev–Trinajstić information content (AvgIpc) is 2.90. The average molecular weight is 392 g/mol. The van der Waals surface area contributed by atoms with Crippen molar-refractivity contribution in [1.82, 2.24) is 5.16 Å². The van der Waals surface area contributed by atoms with Crippen LogP contribution in [0.15, 0.2) is 34.9 Å². The summed E-state index contributed by atoms with van der Waals surface area (Å²) in [5.41, 5.74) is 9.07. The van der Waals surface area contributed by atoms with Crippen LogP contribution in [0.4, 0.5) is 17.1 Å². The Morgan fingerprint density at radius 1 is 1.19 bits per heavy atom. The van der Waals surface area contributed by atoms with Crippen LogP contribution < -0.4 is 11.1 Å². The zero-order chi connectivity index (χ0) is 19.0. The Morgan fingerprint density at radius 3 is 2.38 bits per heavy atom. The fraction of sp³-hybridized carbons (Fsp3) is 0.111. The number of hydrogen-bond acceptors (Lipinski definition) is 5. The van der Waals surface area contributed by atoms with Crippen molar-refractivity contribution in [2.45, 2.75) is 13.8 Å². The molecule has 0 fully saturated rings. The van der Waals surface area contributed by atoms with E-state index in [1.165, 1.54) is 6.07 Å². The lowest BCUT2D eigenvalue weighted by molar-refractivity contribution is 0.0698. The van der Waals surface area contributed by atoms with Crippen LogP contribution in [0.5, 0.6) is 0 Å². The number of anilines is 3. The number of aromatic carboxylic acids is 1. The van der Waals surface area contributed by atoms with E-state index in [2.05, 4.69) is 10.5 Å². The van der Waals surface area contributed by atoms with Gasteiger partial charge in [-0.15, -0.1) is 0 Å². The Bertz CT molecular complexity index is 972. The summed E-state index contributed by atoms with van der Waals surface area (Å²) < 4.78 is 5.18. The lowest BCUT2D eigenvalue weighted by Crippen LogP contribution is -2.04. The number of nitrogen functional groups attached to an aromatic ring is 1. The minimum Gasteiger partial charge on any atom is -0.478 e. The SMILES string of the molecule is Cc1noc(C)c1-c1cc(Cl)c(Nc2ccc(N)cc2C(=O)O)c(Cl)c1. The first-order valence-electron chi connectivity index (χ1n) is 7.60. The van der Waals surface area contributed by atoms with Gasteiger partial charge in [0.1, 0.15) is 5.76 Å². The van der Waals surface area contributed by atoms with Gasteiger partial charge < -0.3 is 20.7 Å². The Hall–Kier alpha value is -2.70. The standard InChI is InChI=1S/C18H15Cl2N3O3/c1-8-16(9(2)26-23-8)10-5-13(19)17(14(20)6-10)22-15-4-3-11(21)7-12(15)18(24)25/h3-7,22H,21H2,1-2H3,(H,24,25). The summed E-state index contributed by atoms with van der Waals surface area (Å²) in [7, 11) is 0. The molecule has 6 nitrogen and oxygen atoms in total. The molecule has 4 N–H and O–H groups in total. The van der Waals surface area contributed by atoms with E-state index in [-0.39, 0.29) is 5.56 Å². The molecule has 2 aromatic carbocycles. The van der Waals surface area contributed by atoms with E-state index in [4.69, 9.17) is 33.5 Å². The van der Waals surface area contributed by atoms with Crippen molar-refractivity contribution in [2.24, 2.45) is 0 Å². The van der Waals surface area contributed by atoms with Crippen molar-refractivity contribution < 1.29 is 14.4 Å². The summed E-state index contributed by atoms with van der Waals surface area (Å²) in [4.78, 5) is 11.4. The Balaban J connectivity index is 2.05. The van der Waals surface area contributed by atoms with Gasteiger partial charge in [0, 0.05) is 11.3 Å². The molecule has 0 atom stereocenters. The number of benzene rings is 2. The number of rotatable bonds is 4. The predicted octanol–water partition coefficient (Wildman–Crippen LogP) is 5.29. The number of carboxylic acids is 1. The molecule has 1 aromatic heterocycles. The lowest BCUT2D eigenvalue weighted by atomic mass is 10.0. The smallest absolute Gasteiger partial charge is 0.337 e. The van der Waals surface area contributed by atoms with E-state index in [1.807, 2.05) is 6.92 Å². The van der Waals surface area contributed by atoms with Crippen molar-refractivity contribution in [3.8, 4) is 11.1 Å². The van der Waals surface area contributed by atoms with Crippen molar-refractivity contribution >= 4 is 46.2 Å². The number of hydrogen-bond donors (Lipinski definition) is 3. The number of nitrogens with zero attached hydrogens (tertiary/aromatic N) is 1. The van der Waals surface area contributed by atoms with Crippen LogP contribution in [0.25, 0.3) is 11.1 Å². The second kappa shape index (κ2) is 6.90. The maximum Gasteiger partial charge on any atom is 0.337 e. The number of nitrogens with one attached hydrogen (secondary N) is 1. The zero-order valence-corrected chi connectivity index (χ0v) is 15.4. The number of nitrogens with two attached hydrogens (primary N) is 1.